The van der Waals surface area contributed by atoms with Crippen LogP contribution in [0.5, 0.6) is 0 Å². The van der Waals surface area contributed by atoms with Gasteiger partial charge in [0.1, 0.15) is 0 Å². The minimum absolute atomic E-state index is 0.187. The van der Waals surface area contributed by atoms with Crippen LogP contribution in [0.3, 0.4) is 0 Å². The molecule has 5 aliphatic carbocycles. The summed E-state index contributed by atoms with van der Waals surface area (Å²) in [6.45, 7) is 11.7. The van der Waals surface area contributed by atoms with Crippen LogP contribution >= 0.6 is 0 Å². The molecule has 0 aromatic rings. The van der Waals surface area contributed by atoms with Gasteiger partial charge >= 0.3 is 0 Å². The summed E-state index contributed by atoms with van der Waals surface area (Å²) < 4.78 is 0. The number of nitrogens with zero attached hydrogens (tertiary/aromatic N) is 1. The van der Waals surface area contributed by atoms with E-state index in [0.717, 1.165) is 6.42 Å². The van der Waals surface area contributed by atoms with Crippen LogP contribution in [0.1, 0.15) is 73.1 Å². The SMILES string of the molecule is C[C@H]([C@H]1[C@H](O)C[C@@]2(C)[C@@H]3CC[C@H]4C(C)(C)C(=O)C=C[C@@]45C[C@@]35CC[C@]12C)N(C)C. The number of carbonyl (C=O) groups excluding carboxylic acids is 1. The lowest BCUT2D eigenvalue weighted by molar-refractivity contribution is -0.142. The summed E-state index contributed by atoms with van der Waals surface area (Å²) in [5.41, 5.74) is 0.768. The summed E-state index contributed by atoms with van der Waals surface area (Å²) in [6.07, 6.45) is 11.2. The Morgan fingerprint density at radius 1 is 1.07 bits per heavy atom. The molecule has 0 unspecified atom stereocenters. The van der Waals surface area contributed by atoms with Gasteiger partial charge in [0.15, 0.2) is 5.78 Å². The fourth-order valence-electron chi connectivity index (χ4n) is 9.89. The molecule has 0 radical (unpaired) electrons. The van der Waals surface area contributed by atoms with Crippen LogP contribution < -0.4 is 0 Å². The van der Waals surface area contributed by atoms with Gasteiger partial charge in [-0.15, -0.1) is 0 Å². The van der Waals surface area contributed by atoms with Crippen molar-refractivity contribution in [3.63, 3.8) is 0 Å². The summed E-state index contributed by atoms with van der Waals surface area (Å²) in [5, 5.41) is 11.3. The van der Waals surface area contributed by atoms with E-state index in [1.165, 1.54) is 32.1 Å². The number of aliphatic hydroxyl groups excluding tert-OH is 1. The topological polar surface area (TPSA) is 40.5 Å². The fourth-order valence-corrected chi connectivity index (χ4v) is 9.89. The van der Waals surface area contributed by atoms with Crippen molar-refractivity contribution < 1.29 is 9.90 Å². The Kier molecular flexibility index (Phi) is 3.89. The van der Waals surface area contributed by atoms with E-state index >= 15 is 0 Å². The molecule has 0 saturated heterocycles. The second-order valence-electron chi connectivity index (χ2n) is 12.8. The predicted molar refractivity (Wildman–Crippen MR) is 116 cm³/mol. The standard InChI is InChI=1S/C26H41NO2/c1-16(27(6)7)21-17(28)14-24(5)19-9-8-18-22(2,3)20(29)10-11-25(18)15-26(19,25)13-12-23(21,24)4/h10-11,16-19,21,28H,8-9,12-15H2,1-7H3/t16-,17-,18+,19+,21+,23-,24+,25-,26+/m1/s1. The molecule has 1 N–H and O–H groups in total. The summed E-state index contributed by atoms with van der Waals surface area (Å²) in [4.78, 5) is 15.0. The molecule has 4 fully saturated rings. The average molecular weight is 400 g/mol. The van der Waals surface area contributed by atoms with Crippen molar-refractivity contribution in [2.75, 3.05) is 14.1 Å². The predicted octanol–water partition coefficient (Wildman–Crippen LogP) is 4.69. The van der Waals surface area contributed by atoms with Crippen molar-refractivity contribution in [3.05, 3.63) is 12.2 Å². The molecule has 0 heterocycles. The maximum Gasteiger partial charge on any atom is 0.161 e. The number of rotatable bonds is 2. The van der Waals surface area contributed by atoms with Gasteiger partial charge in [-0.3, -0.25) is 4.79 Å². The number of hydrogen-bond acceptors (Lipinski definition) is 3. The van der Waals surface area contributed by atoms with Gasteiger partial charge in [0.25, 0.3) is 0 Å². The molecule has 3 nitrogen and oxygen atoms in total. The summed E-state index contributed by atoms with van der Waals surface area (Å²) in [6, 6.07) is 0.390. The lowest BCUT2D eigenvalue weighted by Crippen LogP contribution is -2.57. The van der Waals surface area contributed by atoms with Gasteiger partial charge < -0.3 is 10.0 Å². The summed E-state index contributed by atoms with van der Waals surface area (Å²) in [7, 11) is 4.32. The monoisotopic (exact) mass is 399 g/mol. The molecule has 5 aliphatic rings. The Morgan fingerprint density at radius 3 is 2.38 bits per heavy atom. The number of fused-ring (bicyclic) bond motifs is 2. The van der Waals surface area contributed by atoms with Crippen LogP contribution in [0, 0.1) is 44.8 Å². The highest BCUT2D eigenvalue weighted by Crippen LogP contribution is 2.87. The van der Waals surface area contributed by atoms with Gasteiger partial charge in [-0.2, -0.15) is 0 Å². The van der Waals surface area contributed by atoms with E-state index in [1.807, 2.05) is 6.08 Å². The first-order chi connectivity index (χ1) is 13.4. The maximum atomic E-state index is 12.7. The van der Waals surface area contributed by atoms with Crippen LogP contribution in [0.4, 0.5) is 0 Å². The zero-order chi connectivity index (χ0) is 21.2. The molecule has 3 heteroatoms. The molecule has 29 heavy (non-hydrogen) atoms. The van der Waals surface area contributed by atoms with Gasteiger partial charge in [0, 0.05) is 17.4 Å². The van der Waals surface area contributed by atoms with Gasteiger partial charge in [-0.25, -0.2) is 0 Å². The van der Waals surface area contributed by atoms with E-state index < -0.39 is 0 Å². The van der Waals surface area contributed by atoms with Crippen molar-refractivity contribution in [3.8, 4) is 0 Å². The van der Waals surface area contributed by atoms with Crippen LogP contribution in [0.15, 0.2) is 12.2 Å². The smallest absolute Gasteiger partial charge is 0.161 e. The highest BCUT2D eigenvalue weighted by atomic mass is 16.3. The van der Waals surface area contributed by atoms with E-state index in [0.29, 0.717) is 35.0 Å². The third-order valence-corrected chi connectivity index (χ3v) is 11.8. The number of ketones is 1. The third kappa shape index (κ3) is 2.06. The molecule has 0 bridgehead atoms. The molecule has 2 spiro atoms. The molecule has 0 aliphatic heterocycles. The first kappa shape index (κ1) is 20.2. The van der Waals surface area contributed by atoms with Gasteiger partial charge in [-0.1, -0.05) is 33.8 Å². The lowest BCUT2D eigenvalue weighted by atomic mass is 9.42. The second kappa shape index (κ2) is 5.57. The zero-order valence-corrected chi connectivity index (χ0v) is 19.6. The lowest BCUT2D eigenvalue weighted by Gasteiger charge is -2.62. The minimum Gasteiger partial charge on any atom is -0.393 e. The highest BCUT2D eigenvalue weighted by molar-refractivity contribution is 5.96. The van der Waals surface area contributed by atoms with Gasteiger partial charge in [0.05, 0.1) is 6.10 Å². The second-order valence-corrected chi connectivity index (χ2v) is 12.8. The Labute approximate surface area is 177 Å². The largest absolute Gasteiger partial charge is 0.393 e. The van der Waals surface area contributed by atoms with E-state index in [1.54, 1.807) is 0 Å². The molecule has 0 aromatic carbocycles. The molecule has 162 valence electrons. The molecule has 9 atom stereocenters. The number of allylic oxidation sites excluding steroid dienone is 2. The number of carbonyl (C=O) groups is 1. The average Bonchev–Trinajstić information content (AvgIpc) is 3.24. The number of hydrogen-bond donors (Lipinski definition) is 1. The summed E-state index contributed by atoms with van der Waals surface area (Å²) >= 11 is 0. The van der Waals surface area contributed by atoms with Crippen molar-refractivity contribution in [2.45, 2.75) is 85.3 Å². The van der Waals surface area contributed by atoms with E-state index in [2.05, 4.69) is 59.7 Å². The molecule has 0 amide bonds. The molecular formula is C26H41NO2. The molecule has 5 rings (SSSR count). The first-order valence-electron chi connectivity index (χ1n) is 12.0. The normalized spacial score (nSPS) is 55.7. The fraction of sp³-hybridized carbons (Fsp3) is 0.885. The van der Waals surface area contributed by atoms with Crippen LogP contribution in [-0.2, 0) is 4.79 Å². The van der Waals surface area contributed by atoms with Gasteiger partial charge in [0.2, 0.25) is 0 Å². The van der Waals surface area contributed by atoms with Crippen molar-refractivity contribution in [2.24, 2.45) is 44.8 Å². The number of aliphatic hydroxyl groups is 1. The van der Waals surface area contributed by atoms with Gasteiger partial charge in [-0.05, 0) is 99.1 Å². The minimum atomic E-state index is -0.220. The van der Waals surface area contributed by atoms with Crippen LogP contribution in [0.2, 0.25) is 0 Å². The third-order valence-electron chi connectivity index (χ3n) is 11.8. The maximum absolute atomic E-state index is 12.7. The Bertz CT molecular complexity index is 786. The van der Waals surface area contributed by atoms with E-state index in [-0.39, 0.29) is 27.8 Å². The van der Waals surface area contributed by atoms with E-state index in [4.69, 9.17) is 0 Å². The summed E-state index contributed by atoms with van der Waals surface area (Å²) in [5.74, 6) is 1.84. The van der Waals surface area contributed by atoms with Crippen molar-refractivity contribution in [1.82, 2.24) is 4.90 Å². The zero-order valence-electron chi connectivity index (χ0n) is 19.6. The molecule has 4 saturated carbocycles. The Hall–Kier alpha value is -0.670. The van der Waals surface area contributed by atoms with E-state index in [9.17, 15) is 9.90 Å². The van der Waals surface area contributed by atoms with Crippen LogP contribution in [-0.4, -0.2) is 42.0 Å². The Balaban J connectivity index is 1.56. The van der Waals surface area contributed by atoms with Crippen LogP contribution in [0.25, 0.3) is 0 Å². The Morgan fingerprint density at radius 2 is 1.72 bits per heavy atom. The quantitative estimate of drug-likeness (QED) is 0.732. The molecule has 0 aromatic heterocycles. The highest BCUT2D eigenvalue weighted by Gasteiger charge is 2.82. The van der Waals surface area contributed by atoms with Crippen molar-refractivity contribution in [1.29, 1.82) is 0 Å². The molecular weight excluding hydrogens is 358 g/mol. The first-order valence-corrected chi connectivity index (χ1v) is 12.0. The van der Waals surface area contributed by atoms with Crippen molar-refractivity contribution >= 4 is 5.78 Å².